The monoisotopic (exact) mass is 453 g/mol. The first-order valence-corrected chi connectivity index (χ1v) is 11.4. The number of carbonyl (C=O) groups excluding carboxylic acids is 2. The van der Waals surface area contributed by atoms with Gasteiger partial charge in [-0.1, -0.05) is 42.0 Å². The van der Waals surface area contributed by atoms with E-state index in [-0.39, 0.29) is 6.03 Å². The topological polar surface area (TPSA) is 71.1 Å². The lowest BCUT2D eigenvalue weighted by atomic mass is 9.86. The molecule has 1 fully saturated rings. The molecular weight excluding hydrogens is 418 g/mol. The minimum Gasteiger partial charge on any atom is -0.497 e. The maximum Gasteiger partial charge on any atom is 0.318 e. The molecule has 33 heavy (non-hydrogen) atoms. The molecule has 2 aromatic rings. The third-order valence-electron chi connectivity index (χ3n) is 6.31. The van der Waals surface area contributed by atoms with Crippen molar-refractivity contribution in [1.29, 1.82) is 0 Å². The van der Waals surface area contributed by atoms with Gasteiger partial charge in [0.15, 0.2) is 0 Å². The summed E-state index contributed by atoms with van der Waals surface area (Å²) in [7, 11) is 3.22. The highest BCUT2D eigenvalue weighted by atomic mass is 16.5. The SMILES string of the molecule is COCCN(C(=O)NCc1cccc(OC)c1)C1(C=O)CCN(Cc2cccc(C)c2)CC1. The first-order chi connectivity index (χ1) is 16.0. The summed E-state index contributed by atoms with van der Waals surface area (Å²) < 4.78 is 10.5. The average molecular weight is 454 g/mol. The van der Waals surface area contributed by atoms with Gasteiger partial charge in [0.25, 0.3) is 0 Å². The Morgan fingerprint density at radius 3 is 2.52 bits per heavy atom. The molecule has 1 heterocycles. The number of piperidine rings is 1. The minimum absolute atomic E-state index is 0.255. The van der Waals surface area contributed by atoms with Gasteiger partial charge in [-0.15, -0.1) is 0 Å². The van der Waals surface area contributed by atoms with E-state index in [0.29, 0.717) is 32.5 Å². The third kappa shape index (κ3) is 6.55. The minimum atomic E-state index is -0.833. The Bertz CT molecular complexity index is 925. The largest absolute Gasteiger partial charge is 0.497 e. The van der Waals surface area contributed by atoms with Crippen molar-refractivity contribution in [2.45, 2.75) is 38.4 Å². The smallest absolute Gasteiger partial charge is 0.318 e. The zero-order valence-corrected chi connectivity index (χ0v) is 19.9. The number of methoxy groups -OCH3 is 2. The molecular formula is C26H35N3O4. The normalized spacial score (nSPS) is 15.6. The summed E-state index contributed by atoms with van der Waals surface area (Å²) in [5.41, 5.74) is 2.61. The molecule has 1 saturated heterocycles. The highest BCUT2D eigenvalue weighted by Crippen LogP contribution is 2.28. The molecule has 0 saturated carbocycles. The highest BCUT2D eigenvalue weighted by Gasteiger charge is 2.42. The van der Waals surface area contributed by atoms with Gasteiger partial charge in [-0.2, -0.15) is 0 Å². The van der Waals surface area contributed by atoms with Crippen LogP contribution >= 0.6 is 0 Å². The maximum absolute atomic E-state index is 13.2. The Morgan fingerprint density at radius 1 is 1.12 bits per heavy atom. The van der Waals surface area contributed by atoms with Crippen LogP contribution in [0, 0.1) is 6.92 Å². The molecule has 1 aliphatic rings. The quantitative estimate of drug-likeness (QED) is 0.559. The van der Waals surface area contributed by atoms with E-state index in [9.17, 15) is 9.59 Å². The molecule has 0 bridgehead atoms. The molecule has 0 radical (unpaired) electrons. The number of nitrogens with one attached hydrogen (secondary N) is 1. The summed E-state index contributed by atoms with van der Waals surface area (Å²) >= 11 is 0. The Kier molecular flexibility index (Phi) is 8.86. The van der Waals surface area contributed by atoms with E-state index in [1.165, 1.54) is 11.1 Å². The van der Waals surface area contributed by atoms with Crippen LogP contribution in [0.2, 0.25) is 0 Å². The number of amides is 2. The highest BCUT2D eigenvalue weighted by molar-refractivity contribution is 5.80. The Balaban J connectivity index is 1.66. The number of carbonyl (C=O) groups is 2. The molecule has 7 nitrogen and oxygen atoms in total. The third-order valence-corrected chi connectivity index (χ3v) is 6.31. The van der Waals surface area contributed by atoms with E-state index in [1.54, 1.807) is 19.1 Å². The van der Waals surface area contributed by atoms with Crippen LogP contribution in [0.25, 0.3) is 0 Å². The Labute approximate surface area is 196 Å². The van der Waals surface area contributed by atoms with Crippen molar-refractivity contribution in [3.8, 4) is 5.75 Å². The summed E-state index contributed by atoms with van der Waals surface area (Å²) in [6, 6.07) is 15.8. The molecule has 2 amide bonds. The summed E-state index contributed by atoms with van der Waals surface area (Å²) in [5.74, 6) is 0.739. The van der Waals surface area contributed by atoms with Crippen LogP contribution in [0.3, 0.4) is 0 Å². The van der Waals surface area contributed by atoms with Crippen molar-refractivity contribution in [1.82, 2.24) is 15.1 Å². The number of benzene rings is 2. The second-order valence-corrected chi connectivity index (χ2v) is 8.64. The fourth-order valence-corrected chi connectivity index (χ4v) is 4.38. The van der Waals surface area contributed by atoms with Crippen molar-refractivity contribution in [3.63, 3.8) is 0 Å². The van der Waals surface area contributed by atoms with Crippen LogP contribution in [0.1, 0.15) is 29.5 Å². The Hall–Kier alpha value is -2.90. The van der Waals surface area contributed by atoms with Gasteiger partial charge in [0, 0.05) is 39.8 Å². The first-order valence-electron chi connectivity index (χ1n) is 11.4. The lowest BCUT2D eigenvalue weighted by molar-refractivity contribution is -0.120. The number of urea groups is 1. The number of ether oxygens (including phenoxy) is 2. The van der Waals surface area contributed by atoms with Gasteiger partial charge in [-0.3, -0.25) is 4.90 Å². The van der Waals surface area contributed by atoms with Gasteiger partial charge in [-0.25, -0.2) is 4.79 Å². The predicted octanol–water partition coefficient (Wildman–Crippen LogP) is 3.40. The zero-order chi connectivity index (χ0) is 23.7. The van der Waals surface area contributed by atoms with Crippen LogP contribution in [0.5, 0.6) is 5.75 Å². The van der Waals surface area contributed by atoms with E-state index < -0.39 is 5.54 Å². The van der Waals surface area contributed by atoms with Crippen LogP contribution in [0.15, 0.2) is 48.5 Å². The fraction of sp³-hybridized carbons (Fsp3) is 0.462. The van der Waals surface area contributed by atoms with Crippen molar-refractivity contribution in [2.24, 2.45) is 0 Å². The predicted molar refractivity (Wildman–Crippen MR) is 128 cm³/mol. The maximum atomic E-state index is 13.2. The summed E-state index contributed by atoms with van der Waals surface area (Å²) in [4.78, 5) is 29.6. The number of aldehydes is 1. The van der Waals surface area contributed by atoms with E-state index in [4.69, 9.17) is 9.47 Å². The number of nitrogens with zero attached hydrogens (tertiary/aromatic N) is 2. The van der Waals surface area contributed by atoms with E-state index in [2.05, 4.69) is 41.4 Å². The van der Waals surface area contributed by atoms with Gasteiger partial charge in [0.1, 0.15) is 17.6 Å². The summed E-state index contributed by atoms with van der Waals surface area (Å²) in [6.07, 6.45) is 2.15. The van der Waals surface area contributed by atoms with Crippen LogP contribution in [0.4, 0.5) is 4.79 Å². The van der Waals surface area contributed by atoms with Gasteiger partial charge in [0.2, 0.25) is 0 Å². The standard InChI is InChI=1S/C26H35N3O4/c1-21-6-4-8-23(16-21)19-28-12-10-26(20-30,11-13-28)29(14-15-32-2)25(31)27-18-22-7-5-9-24(17-22)33-3/h4-9,16-17,20H,10-15,18-19H2,1-3H3,(H,27,31). The van der Waals surface area contributed by atoms with E-state index in [0.717, 1.165) is 37.2 Å². The molecule has 0 spiro atoms. The molecule has 0 atom stereocenters. The van der Waals surface area contributed by atoms with Crippen LogP contribution < -0.4 is 10.1 Å². The molecule has 0 aliphatic carbocycles. The van der Waals surface area contributed by atoms with Crippen molar-refractivity contribution in [2.75, 3.05) is 40.5 Å². The summed E-state index contributed by atoms with van der Waals surface area (Å²) in [6.45, 7) is 5.52. The van der Waals surface area contributed by atoms with Crippen LogP contribution in [-0.4, -0.2) is 68.1 Å². The number of likely N-dealkylation sites (tertiary alicyclic amines) is 1. The van der Waals surface area contributed by atoms with Crippen molar-refractivity contribution < 1.29 is 19.1 Å². The zero-order valence-electron chi connectivity index (χ0n) is 19.9. The lowest BCUT2D eigenvalue weighted by Crippen LogP contribution is -2.61. The Morgan fingerprint density at radius 2 is 1.85 bits per heavy atom. The lowest BCUT2D eigenvalue weighted by Gasteiger charge is -2.45. The molecule has 2 aromatic carbocycles. The first kappa shape index (κ1) is 24.7. The molecule has 7 heteroatoms. The molecule has 1 aliphatic heterocycles. The van der Waals surface area contributed by atoms with E-state index in [1.807, 2.05) is 24.3 Å². The van der Waals surface area contributed by atoms with Gasteiger partial charge in [0.05, 0.1) is 13.7 Å². The molecule has 178 valence electrons. The van der Waals surface area contributed by atoms with Crippen LogP contribution in [-0.2, 0) is 22.6 Å². The number of aryl methyl sites for hydroxylation is 1. The molecule has 0 unspecified atom stereocenters. The van der Waals surface area contributed by atoms with Crippen molar-refractivity contribution in [3.05, 3.63) is 65.2 Å². The second kappa shape index (κ2) is 11.8. The average Bonchev–Trinajstić information content (AvgIpc) is 2.84. The molecule has 0 aromatic heterocycles. The summed E-state index contributed by atoms with van der Waals surface area (Å²) in [5, 5.41) is 2.98. The van der Waals surface area contributed by atoms with Gasteiger partial charge < -0.3 is 24.5 Å². The van der Waals surface area contributed by atoms with Gasteiger partial charge >= 0.3 is 6.03 Å². The number of hydrogen-bond acceptors (Lipinski definition) is 5. The number of hydrogen-bond donors (Lipinski definition) is 1. The van der Waals surface area contributed by atoms with E-state index >= 15 is 0 Å². The number of rotatable bonds is 10. The second-order valence-electron chi connectivity index (χ2n) is 8.64. The van der Waals surface area contributed by atoms with Gasteiger partial charge in [-0.05, 0) is 43.0 Å². The molecule has 3 rings (SSSR count). The fourth-order valence-electron chi connectivity index (χ4n) is 4.38. The van der Waals surface area contributed by atoms with Crippen molar-refractivity contribution >= 4 is 12.3 Å². The molecule has 1 N–H and O–H groups in total.